The minimum Gasteiger partial charge on any atom is -0.281 e. The van der Waals surface area contributed by atoms with Gasteiger partial charge in [0.2, 0.25) is 0 Å². The zero-order chi connectivity index (χ0) is 38.6. The number of alkyl halides is 9. The van der Waals surface area contributed by atoms with Crippen molar-refractivity contribution in [1.82, 2.24) is 0 Å². The van der Waals surface area contributed by atoms with Gasteiger partial charge in [-0.3, -0.25) is 4.55 Å². The maximum atomic E-state index is 12.2. The predicted molar refractivity (Wildman–Crippen MR) is 182 cm³/mol. The van der Waals surface area contributed by atoms with Crippen molar-refractivity contribution in [3.63, 3.8) is 0 Å². The largest absolute Gasteiger partial charge is 0.460 e. The second-order valence-electron chi connectivity index (χ2n) is 14.1. The zero-order valence-electron chi connectivity index (χ0n) is 28.3. The van der Waals surface area contributed by atoms with E-state index in [0.29, 0.717) is 0 Å². The summed E-state index contributed by atoms with van der Waals surface area (Å²) < 4.78 is 134. The van der Waals surface area contributed by atoms with Crippen LogP contribution in [0.1, 0.15) is 52.7 Å². The minimum atomic E-state index is -7.37. The van der Waals surface area contributed by atoms with Gasteiger partial charge in [-0.2, -0.15) is 47.9 Å². The Kier molecular flexibility index (Phi) is 10.2. The van der Waals surface area contributed by atoms with E-state index in [1.807, 2.05) is 0 Å². The maximum absolute atomic E-state index is 12.2. The van der Waals surface area contributed by atoms with Gasteiger partial charge in [0.15, 0.2) is 0 Å². The van der Waals surface area contributed by atoms with Gasteiger partial charge in [-0.1, -0.05) is 139 Å². The van der Waals surface area contributed by atoms with E-state index in [4.69, 9.17) is 4.55 Å². The molecular formula is C38H35F9O3S. The molecule has 0 fully saturated rings. The first-order valence-corrected chi connectivity index (χ1v) is 16.9. The molecule has 0 spiro atoms. The van der Waals surface area contributed by atoms with Crippen molar-refractivity contribution < 1.29 is 52.5 Å². The van der Waals surface area contributed by atoms with Crippen LogP contribution >= 0.6 is 0 Å². The van der Waals surface area contributed by atoms with Gasteiger partial charge in [-0.25, -0.2) is 0 Å². The topological polar surface area (TPSA) is 54.4 Å². The molecule has 0 heterocycles. The molecule has 0 amide bonds. The lowest BCUT2D eigenvalue weighted by atomic mass is 9.82. The maximum Gasteiger partial charge on any atom is 0.460 e. The first kappa shape index (κ1) is 39.7. The zero-order valence-corrected chi connectivity index (χ0v) is 29.1. The van der Waals surface area contributed by atoms with E-state index in [-0.39, 0.29) is 10.8 Å². The Hall–Kier alpha value is -4.10. The van der Waals surface area contributed by atoms with Crippen molar-refractivity contribution in [2.75, 3.05) is 0 Å². The van der Waals surface area contributed by atoms with Crippen LogP contribution in [0.2, 0.25) is 0 Å². The summed E-state index contributed by atoms with van der Waals surface area (Å²) in [5.74, 6) is -14.7. The molecule has 0 aromatic heterocycles. The highest BCUT2D eigenvalue weighted by atomic mass is 32.2. The lowest BCUT2D eigenvalue weighted by Crippen LogP contribution is -2.63. The average molecular weight is 743 g/mol. The number of fused-ring (bicyclic) bond motifs is 2. The molecule has 5 aromatic rings. The lowest BCUT2D eigenvalue weighted by molar-refractivity contribution is -0.382. The highest BCUT2D eigenvalue weighted by Crippen LogP contribution is 2.54. The molecule has 5 aromatic carbocycles. The number of benzene rings is 5. The normalized spacial score (nSPS) is 13.6. The summed E-state index contributed by atoms with van der Waals surface area (Å²) in [7, 11) is -7.17. The summed E-state index contributed by atoms with van der Waals surface area (Å²) in [6.45, 7) is 13.6. The van der Waals surface area contributed by atoms with E-state index >= 15 is 0 Å². The van der Waals surface area contributed by atoms with Gasteiger partial charge in [-0.15, -0.1) is 0 Å². The van der Waals surface area contributed by atoms with Crippen LogP contribution in [0.25, 0.3) is 43.8 Å². The molecule has 0 unspecified atom stereocenters. The van der Waals surface area contributed by atoms with E-state index in [1.165, 1.54) is 54.9 Å². The van der Waals surface area contributed by atoms with Crippen LogP contribution in [0.15, 0.2) is 97.1 Å². The fourth-order valence-corrected chi connectivity index (χ4v) is 6.00. The fraction of sp³-hybridized carbons (Fsp3) is 0.316. The molecular weight excluding hydrogens is 707 g/mol. The molecule has 1 N–H and O–H groups in total. The second-order valence-corrected chi connectivity index (χ2v) is 15.6. The standard InChI is InChI=1S/C34H34.C4HF9O3S/c1-33(2,3)25-19-15-23(16-20-25)31-27-11-7-9-13-29(27)32(30-14-10-8-12-28(30)31)24-17-21-26(22-18-24)34(4,5)6;5-1(6,3(9,10)11)2(7,8)4(12,13)17(14,15)16/h7-22H,1-6H3;(H,14,15,16). The highest BCUT2D eigenvalue weighted by Gasteiger charge is 2.85. The summed E-state index contributed by atoms with van der Waals surface area (Å²) in [4.78, 5) is 0. The SMILES string of the molecule is CC(C)(C)c1ccc(-c2c3ccccc3c(-c3ccc(C(C)(C)C)cc3)c3ccccc23)cc1.O=S(=O)(O)C(F)(F)C(F)(F)C(F)(F)C(F)(F)F. The molecule has 51 heavy (non-hydrogen) atoms. The van der Waals surface area contributed by atoms with Crippen molar-refractivity contribution in [3.8, 4) is 22.3 Å². The number of halogens is 9. The predicted octanol–water partition coefficient (Wildman–Crippen LogP) is 12.2. The lowest BCUT2D eigenvalue weighted by Gasteiger charge is -2.31. The second kappa shape index (κ2) is 13.1. The van der Waals surface area contributed by atoms with Crippen molar-refractivity contribution in [2.45, 2.75) is 75.6 Å². The third-order valence-electron chi connectivity index (χ3n) is 8.45. The third kappa shape index (κ3) is 7.32. The van der Waals surface area contributed by atoms with Crippen molar-refractivity contribution >= 4 is 31.7 Å². The Balaban J connectivity index is 0.000000292. The van der Waals surface area contributed by atoms with Gasteiger partial charge < -0.3 is 0 Å². The number of rotatable bonds is 5. The fourth-order valence-electron chi connectivity index (χ4n) is 5.55. The summed E-state index contributed by atoms with van der Waals surface area (Å²) in [6, 6.07) is 36.1. The molecule has 0 saturated heterocycles. The van der Waals surface area contributed by atoms with Gasteiger partial charge in [0.1, 0.15) is 0 Å². The van der Waals surface area contributed by atoms with Gasteiger partial charge in [-0.05, 0) is 65.8 Å². The Morgan fingerprint density at radius 2 is 0.725 bits per heavy atom. The smallest absolute Gasteiger partial charge is 0.281 e. The Bertz CT molecular complexity index is 1970. The van der Waals surface area contributed by atoms with Gasteiger partial charge >= 0.3 is 33.4 Å². The first-order chi connectivity index (χ1) is 23.1. The molecule has 0 saturated carbocycles. The highest BCUT2D eigenvalue weighted by molar-refractivity contribution is 7.87. The van der Waals surface area contributed by atoms with Gasteiger partial charge in [0, 0.05) is 0 Å². The summed E-state index contributed by atoms with van der Waals surface area (Å²) in [5, 5.41) is -1.78. The first-order valence-electron chi connectivity index (χ1n) is 15.5. The number of hydrogen-bond donors (Lipinski definition) is 1. The summed E-state index contributed by atoms with van der Waals surface area (Å²) in [6.07, 6.45) is -7.13. The van der Waals surface area contributed by atoms with Crippen LogP contribution in [-0.2, 0) is 20.9 Å². The molecule has 0 bridgehead atoms. The Morgan fingerprint density at radius 1 is 0.451 bits per heavy atom. The van der Waals surface area contributed by atoms with Crippen LogP contribution in [0.4, 0.5) is 39.5 Å². The van der Waals surface area contributed by atoms with Crippen molar-refractivity contribution in [1.29, 1.82) is 0 Å². The molecule has 274 valence electrons. The monoisotopic (exact) mass is 742 g/mol. The molecule has 5 rings (SSSR count). The van der Waals surface area contributed by atoms with E-state index in [1.54, 1.807) is 0 Å². The molecule has 0 aliphatic carbocycles. The Morgan fingerprint density at radius 3 is 0.941 bits per heavy atom. The van der Waals surface area contributed by atoms with E-state index < -0.39 is 33.4 Å². The van der Waals surface area contributed by atoms with Crippen LogP contribution in [0.3, 0.4) is 0 Å². The molecule has 0 aliphatic heterocycles. The van der Waals surface area contributed by atoms with E-state index in [9.17, 15) is 47.9 Å². The Labute approximate surface area is 289 Å². The van der Waals surface area contributed by atoms with Crippen molar-refractivity contribution in [2.24, 2.45) is 0 Å². The summed E-state index contributed by atoms with van der Waals surface area (Å²) >= 11 is 0. The molecule has 0 aliphatic rings. The van der Waals surface area contributed by atoms with E-state index in [0.717, 1.165) is 0 Å². The van der Waals surface area contributed by atoms with Crippen LogP contribution in [-0.4, -0.2) is 36.2 Å². The molecule has 13 heteroatoms. The van der Waals surface area contributed by atoms with Crippen molar-refractivity contribution in [3.05, 3.63) is 108 Å². The van der Waals surface area contributed by atoms with Gasteiger partial charge in [0.25, 0.3) is 0 Å². The average Bonchev–Trinajstić information content (AvgIpc) is 3.02. The summed E-state index contributed by atoms with van der Waals surface area (Å²) in [5.41, 5.74) is 8.20. The van der Waals surface area contributed by atoms with Crippen LogP contribution in [0.5, 0.6) is 0 Å². The molecule has 0 atom stereocenters. The minimum absolute atomic E-state index is 0.145. The molecule has 3 nitrogen and oxygen atoms in total. The van der Waals surface area contributed by atoms with Crippen LogP contribution < -0.4 is 0 Å². The van der Waals surface area contributed by atoms with Crippen LogP contribution in [0, 0.1) is 0 Å². The third-order valence-corrected chi connectivity index (χ3v) is 9.35. The van der Waals surface area contributed by atoms with Gasteiger partial charge in [0.05, 0.1) is 0 Å². The number of hydrogen-bond acceptors (Lipinski definition) is 2. The quantitative estimate of drug-likeness (QED) is 0.111. The molecule has 0 radical (unpaired) electrons. The van der Waals surface area contributed by atoms with E-state index in [2.05, 4.69) is 139 Å².